The maximum Gasteiger partial charge on any atom is 0.140 e. The fourth-order valence-corrected chi connectivity index (χ4v) is 3.60. The zero-order valence-electron chi connectivity index (χ0n) is 21.7. The molecule has 194 valence electrons. The molecule has 0 saturated heterocycles. The van der Waals surface area contributed by atoms with Gasteiger partial charge in [-0.3, -0.25) is 4.99 Å². The maximum atomic E-state index is 6.07. The molecule has 1 unspecified atom stereocenters. The van der Waals surface area contributed by atoms with Gasteiger partial charge in [0.05, 0.1) is 11.8 Å². The first-order chi connectivity index (χ1) is 18.2. The Kier molecular flexibility index (Phi) is 13.6. The number of allylic oxidation sites excluding steroid dienone is 10. The van der Waals surface area contributed by atoms with E-state index in [9.17, 15) is 0 Å². The van der Waals surface area contributed by atoms with Crippen LogP contribution in [0.3, 0.4) is 0 Å². The second kappa shape index (κ2) is 17.3. The van der Waals surface area contributed by atoms with E-state index in [1.54, 1.807) is 0 Å². The van der Waals surface area contributed by atoms with E-state index in [1.165, 1.54) is 0 Å². The second-order valence-electron chi connectivity index (χ2n) is 8.24. The second-order valence-corrected chi connectivity index (χ2v) is 8.24. The van der Waals surface area contributed by atoms with Crippen LogP contribution in [0.25, 0.3) is 6.08 Å². The Balaban J connectivity index is 0.00000235. The van der Waals surface area contributed by atoms with E-state index in [4.69, 9.17) is 21.4 Å². The summed E-state index contributed by atoms with van der Waals surface area (Å²) >= 11 is 0. The molecule has 1 aromatic carbocycles. The molecule has 0 saturated carbocycles. The molecular weight excluding hydrogens is 458 g/mol. The summed E-state index contributed by atoms with van der Waals surface area (Å²) in [5.74, 6) is 12.2. The zero-order chi connectivity index (χ0) is 26.7. The molecule has 1 aromatic rings. The minimum Gasteiger partial charge on any atom is -0.489 e. The number of hydrazine groups is 1. The number of nitrogens with two attached hydrogens (primary N) is 2. The molecule has 0 radical (unpaired) electrons. The first-order valence-corrected chi connectivity index (χ1v) is 12.4. The third-order valence-electron chi connectivity index (χ3n) is 5.51. The number of aliphatic imine (C=N–C) groups is 1. The number of hydrazone groups is 1. The number of nitrogens with one attached hydrogen (secondary N) is 1. The molecule has 1 heterocycles. The fourth-order valence-electron chi connectivity index (χ4n) is 3.60. The molecule has 0 aromatic heterocycles. The van der Waals surface area contributed by atoms with Crippen LogP contribution in [0.15, 0.2) is 125 Å². The van der Waals surface area contributed by atoms with Crippen molar-refractivity contribution in [3.63, 3.8) is 0 Å². The van der Waals surface area contributed by atoms with Gasteiger partial charge < -0.3 is 16.0 Å². The van der Waals surface area contributed by atoms with Gasteiger partial charge >= 0.3 is 0 Å². The smallest absolute Gasteiger partial charge is 0.140 e. The van der Waals surface area contributed by atoms with Crippen molar-refractivity contribution >= 4 is 17.6 Å². The van der Waals surface area contributed by atoms with Gasteiger partial charge in [0.15, 0.2) is 0 Å². The topological polar surface area (TPSA) is 98.0 Å². The normalized spacial score (nSPS) is 20.6. The van der Waals surface area contributed by atoms with Crippen LogP contribution in [-0.2, 0) is 0 Å². The summed E-state index contributed by atoms with van der Waals surface area (Å²) in [4.78, 5) is 4.80. The molecule has 5 N–H and O–H groups in total. The molecule has 0 amide bonds. The molecule has 0 fully saturated rings. The van der Waals surface area contributed by atoms with Crippen molar-refractivity contribution in [3.05, 3.63) is 121 Å². The van der Waals surface area contributed by atoms with E-state index in [-0.39, 0.29) is 6.04 Å². The lowest BCUT2D eigenvalue weighted by molar-refractivity contribution is 0.354. The average Bonchev–Trinajstić information content (AvgIpc) is 3.18. The lowest BCUT2D eigenvalue weighted by Gasteiger charge is -2.14. The molecule has 0 bridgehead atoms. The lowest BCUT2D eigenvalue weighted by atomic mass is 10.0. The summed E-state index contributed by atoms with van der Waals surface area (Å²) in [5.41, 5.74) is 6.74. The Morgan fingerprint density at radius 1 is 1.05 bits per heavy atom. The van der Waals surface area contributed by atoms with Crippen LogP contribution >= 0.6 is 0 Å². The van der Waals surface area contributed by atoms with Gasteiger partial charge in [0.25, 0.3) is 0 Å². The van der Waals surface area contributed by atoms with Crippen LogP contribution in [0, 0.1) is 0 Å². The first-order valence-electron chi connectivity index (χ1n) is 12.4. The highest BCUT2D eigenvalue weighted by Crippen LogP contribution is 2.21. The van der Waals surface area contributed by atoms with Crippen LogP contribution in [0.2, 0.25) is 0 Å². The molecule has 37 heavy (non-hydrogen) atoms. The average molecular weight is 498 g/mol. The molecule has 1 aliphatic heterocycles. The van der Waals surface area contributed by atoms with Gasteiger partial charge in [0.2, 0.25) is 0 Å². The standard InChI is InChI=1S/C29H35N5O.C2H4/c1-23-11-7-4-2-3-5-10-14-27(32-23)18-15-24-16-19-28(20-17-24)35-22-26-13-9-6-8-12-25(26)21-29(33-30)34-31;1-2/h2-3,6-7,9-20,23H,4-5,8,21-22,30-31H2,1H3,(H,33,34);1-2H2/b3-2-,11-7-,14-10-,18-15+,32-27?;. The SMILES string of the molecule is C=C.CC1/C=C\C/C=C\C/C=C\C(/C=C/c2ccc(OCC3=CC=CCC=C3C/C(=N/N)NN)cc2)=N1. The van der Waals surface area contributed by atoms with Crippen molar-refractivity contribution in [2.75, 3.05) is 6.61 Å². The van der Waals surface area contributed by atoms with Gasteiger partial charge in [0.1, 0.15) is 18.2 Å². The van der Waals surface area contributed by atoms with Crippen molar-refractivity contribution in [1.82, 2.24) is 5.43 Å². The molecule has 1 aliphatic carbocycles. The van der Waals surface area contributed by atoms with Crippen LogP contribution in [0.4, 0.5) is 0 Å². The summed E-state index contributed by atoms with van der Waals surface area (Å²) in [6.07, 6.45) is 28.6. The fraction of sp³-hybridized carbons (Fsp3) is 0.226. The van der Waals surface area contributed by atoms with E-state index < -0.39 is 0 Å². The molecule has 1 atom stereocenters. The van der Waals surface area contributed by atoms with Crippen molar-refractivity contribution in [2.24, 2.45) is 21.8 Å². The van der Waals surface area contributed by atoms with Crippen LogP contribution in [0.1, 0.15) is 38.2 Å². The highest BCUT2D eigenvalue weighted by atomic mass is 16.5. The van der Waals surface area contributed by atoms with Gasteiger partial charge in [-0.15, -0.1) is 13.2 Å². The molecule has 2 aliphatic rings. The molecular formula is C31H39N5O. The third kappa shape index (κ3) is 11.0. The lowest BCUT2D eigenvalue weighted by Crippen LogP contribution is -2.31. The van der Waals surface area contributed by atoms with Crippen LogP contribution in [-0.4, -0.2) is 24.2 Å². The van der Waals surface area contributed by atoms with Crippen molar-refractivity contribution < 1.29 is 4.74 Å². The number of rotatable bonds is 7. The zero-order valence-corrected chi connectivity index (χ0v) is 21.7. The number of hydrogen-bond acceptors (Lipinski definition) is 5. The molecule has 3 rings (SSSR count). The van der Waals surface area contributed by atoms with Gasteiger partial charge in [-0.2, -0.15) is 5.10 Å². The largest absolute Gasteiger partial charge is 0.489 e. The monoisotopic (exact) mass is 497 g/mol. The van der Waals surface area contributed by atoms with Gasteiger partial charge in [0, 0.05) is 6.42 Å². The van der Waals surface area contributed by atoms with Crippen molar-refractivity contribution in [3.8, 4) is 5.75 Å². The summed E-state index contributed by atoms with van der Waals surface area (Å²) in [6, 6.07) is 8.19. The Morgan fingerprint density at radius 2 is 1.81 bits per heavy atom. The van der Waals surface area contributed by atoms with E-state index in [2.05, 4.69) is 97.4 Å². The summed E-state index contributed by atoms with van der Waals surface area (Å²) < 4.78 is 6.07. The minimum absolute atomic E-state index is 0.140. The van der Waals surface area contributed by atoms with E-state index in [1.807, 2.05) is 30.3 Å². The van der Waals surface area contributed by atoms with Gasteiger partial charge in [-0.05, 0) is 67.2 Å². The molecule has 0 spiro atoms. The summed E-state index contributed by atoms with van der Waals surface area (Å²) in [5, 5.41) is 3.70. The van der Waals surface area contributed by atoms with Gasteiger partial charge in [-0.1, -0.05) is 72.9 Å². The van der Waals surface area contributed by atoms with E-state index in [0.717, 1.165) is 47.4 Å². The minimum atomic E-state index is 0.140. The Bertz CT molecular complexity index is 1110. The predicted octanol–water partition coefficient (Wildman–Crippen LogP) is 6.11. The number of hydrogen-bond donors (Lipinski definition) is 3. The van der Waals surface area contributed by atoms with E-state index in [0.29, 0.717) is 18.9 Å². The number of amidine groups is 1. The van der Waals surface area contributed by atoms with Crippen molar-refractivity contribution in [2.45, 2.75) is 38.6 Å². The Labute approximate surface area is 221 Å². The first kappa shape index (κ1) is 29.1. The van der Waals surface area contributed by atoms with E-state index >= 15 is 0 Å². The predicted molar refractivity (Wildman–Crippen MR) is 159 cm³/mol. The molecule has 6 nitrogen and oxygen atoms in total. The Morgan fingerprint density at radius 3 is 2.54 bits per heavy atom. The number of benzene rings is 1. The summed E-state index contributed by atoms with van der Waals surface area (Å²) in [7, 11) is 0. The quantitative estimate of drug-likeness (QED) is 0.139. The van der Waals surface area contributed by atoms with Gasteiger partial charge in [-0.25, -0.2) is 5.84 Å². The maximum absolute atomic E-state index is 6.07. The Hall–Kier alpha value is -4.16. The molecule has 6 heteroatoms. The third-order valence-corrected chi connectivity index (χ3v) is 5.51. The van der Waals surface area contributed by atoms with Crippen LogP contribution < -0.4 is 21.8 Å². The van der Waals surface area contributed by atoms with Crippen LogP contribution in [0.5, 0.6) is 5.75 Å². The highest BCUT2D eigenvalue weighted by molar-refractivity contribution is 6.06. The van der Waals surface area contributed by atoms with Crippen molar-refractivity contribution in [1.29, 1.82) is 0 Å². The highest BCUT2D eigenvalue weighted by Gasteiger charge is 2.11. The number of ether oxygens (including phenoxy) is 1. The summed E-state index contributed by atoms with van der Waals surface area (Å²) in [6.45, 7) is 8.54. The number of nitrogens with zero attached hydrogens (tertiary/aromatic N) is 2.